The Morgan fingerprint density at radius 1 is 1.29 bits per heavy atom. The summed E-state index contributed by atoms with van der Waals surface area (Å²) in [7, 11) is -2.73. The van der Waals surface area contributed by atoms with E-state index in [1.165, 1.54) is 25.3 Å². The number of hydrogen-bond acceptors (Lipinski definition) is 6. The molecule has 21 heavy (non-hydrogen) atoms. The number of H-pyrrole nitrogens is 2. The molecular weight excluding hydrogens is 300 g/mol. The molecule has 10 heteroatoms. The fourth-order valence-corrected chi connectivity index (χ4v) is 2.66. The second-order valence-corrected chi connectivity index (χ2v) is 5.65. The smallest absolute Gasteiger partial charge is 0.325 e. The summed E-state index contributed by atoms with van der Waals surface area (Å²) >= 11 is 0. The molecule has 2 aromatic rings. The number of hydrogen-bond donors (Lipinski definition) is 4. The van der Waals surface area contributed by atoms with Gasteiger partial charge in [-0.05, 0) is 18.2 Å². The minimum absolute atomic E-state index is 0.152. The molecule has 2 rings (SSSR count). The highest BCUT2D eigenvalue weighted by molar-refractivity contribution is 7.92. The van der Waals surface area contributed by atoms with E-state index in [9.17, 15) is 18.0 Å². The van der Waals surface area contributed by atoms with E-state index in [2.05, 4.69) is 9.71 Å². The second-order valence-electron chi connectivity index (χ2n) is 4.00. The number of aromatic amines is 2. The number of methoxy groups -OCH3 is 1. The van der Waals surface area contributed by atoms with Crippen molar-refractivity contribution in [2.45, 2.75) is 4.90 Å². The van der Waals surface area contributed by atoms with Gasteiger partial charge in [-0.3, -0.25) is 14.5 Å². The third-order valence-corrected chi connectivity index (χ3v) is 3.94. The number of benzene rings is 1. The second kappa shape index (κ2) is 5.32. The molecule has 0 spiro atoms. The van der Waals surface area contributed by atoms with Crippen LogP contribution in [0.1, 0.15) is 0 Å². The number of nitrogens with one attached hydrogen (secondary N) is 3. The predicted molar refractivity (Wildman–Crippen MR) is 75.9 cm³/mol. The summed E-state index contributed by atoms with van der Waals surface area (Å²) in [5, 5.41) is 0. The van der Waals surface area contributed by atoms with Crippen molar-refractivity contribution in [2.75, 3.05) is 17.6 Å². The molecular formula is C11H12N4O5S. The Kier molecular flexibility index (Phi) is 3.72. The molecule has 1 aromatic carbocycles. The SMILES string of the molecule is COc1ccc(NS(=O)(=O)c2c[nH]c(=O)[nH]c2=O)cc1N. The Bertz CT molecular complexity index is 884. The van der Waals surface area contributed by atoms with Gasteiger partial charge < -0.3 is 15.5 Å². The lowest BCUT2D eigenvalue weighted by Gasteiger charge is -2.09. The first-order valence-corrected chi connectivity index (χ1v) is 7.10. The van der Waals surface area contributed by atoms with E-state index in [4.69, 9.17) is 10.5 Å². The average Bonchev–Trinajstić information content (AvgIpc) is 2.37. The number of anilines is 2. The van der Waals surface area contributed by atoms with Crippen LogP contribution >= 0.6 is 0 Å². The maximum Gasteiger partial charge on any atom is 0.325 e. The van der Waals surface area contributed by atoms with E-state index < -0.39 is 26.2 Å². The number of rotatable bonds is 4. The summed E-state index contributed by atoms with van der Waals surface area (Å²) in [4.78, 5) is 25.7. The van der Waals surface area contributed by atoms with Crippen LogP contribution in [0.5, 0.6) is 5.75 Å². The van der Waals surface area contributed by atoms with Crippen molar-refractivity contribution in [1.29, 1.82) is 0 Å². The van der Waals surface area contributed by atoms with Gasteiger partial charge in [0.05, 0.1) is 18.5 Å². The molecule has 0 radical (unpaired) electrons. The molecule has 0 saturated carbocycles. The molecule has 5 N–H and O–H groups in total. The molecule has 1 heterocycles. The molecule has 0 unspecified atom stereocenters. The quantitative estimate of drug-likeness (QED) is 0.557. The molecule has 112 valence electrons. The Labute approximate surface area is 118 Å². The monoisotopic (exact) mass is 312 g/mol. The van der Waals surface area contributed by atoms with Crippen LogP contribution in [-0.4, -0.2) is 25.5 Å². The summed E-state index contributed by atoms with van der Waals surface area (Å²) in [6.45, 7) is 0. The molecule has 9 nitrogen and oxygen atoms in total. The van der Waals surface area contributed by atoms with Gasteiger partial charge in [0.25, 0.3) is 15.6 Å². The third-order valence-electron chi connectivity index (χ3n) is 2.56. The van der Waals surface area contributed by atoms with Crippen LogP contribution in [0.4, 0.5) is 11.4 Å². The number of nitrogen functional groups attached to an aromatic ring is 1. The van der Waals surface area contributed by atoms with Gasteiger partial charge in [-0.2, -0.15) is 0 Å². The Morgan fingerprint density at radius 2 is 2.00 bits per heavy atom. The standard InChI is InChI=1S/C11H12N4O5S/c1-20-8-3-2-6(4-7(8)12)15-21(18,19)9-5-13-11(17)14-10(9)16/h2-5,15H,12H2,1H3,(H2,13,14,16,17). The van der Waals surface area contributed by atoms with Gasteiger partial charge in [-0.1, -0.05) is 0 Å². The zero-order valence-electron chi connectivity index (χ0n) is 10.8. The van der Waals surface area contributed by atoms with Crippen molar-refractivity contribution in [1.82, 2.24) is 9.97 Å². The molecule has 0 atom stereocenters. The molecule has 0 saturated heterocycles. The zero-order valence-corrected chi connectivity index (χ0v) is 11.7. The minimum atomic E-state index is -4.16. The predicted octanol–water partition coefficient (Wildman–Crippen LogP) is -0.545. The van der Waals surface area contributed by atoms with Crippen LogP contribution < -0.4 is 26.4 Å². The Balaban J connectivity index is 2.40. The van der Waals surface area contributed by atoms with Gasteiger partial charge in [-0.15, -0.1) is 0 Å². The molecule has 0 aliphatic heterocycles. The summed E-state index contributed by atoms with van der Waals surface area (Å²) in [6, 6.07) is 4.24. The minimum Gasteiger partial charge on any atom is -0.495 e. The van der Waals surface area contributed by atoms with Gasteiger partial charge >= 0.3 is 5.69 Å². The topological polar surface area (TPSA) is 147 Å². The first-order chi connectivity index (χ1) is 9.83. The highest BCUT2D eigenvalue weighted by Gasteiger charge is 2.19. The van der Waals surface area contributed by atoms with Crippen LogP contribution in [-0.2, 0) is 10.0 Å². The summed E-state index contributed by atoms with van der Waals surface area (Å²) in [5.41, 5.74) is 4.23. The first kappa shape index (κ1) is 14.7. The largest absolute Gasteiger partial charge is 0.495 e. The maximum atomic E-state index is 12.1. The van der Waals surface area contributed by atoms with Crippen molar-refractivity contribution in [3.63, 3.8) is 0 Å². The van der Waals surface area contributed by atoms with E-state index >= 15 is 0 Å². The van der Waals surface area contributed by atoms with E-state index in [-0.39, 0.29) is 11.4 Å². The summed E-state index contributed by atoms with van der Waals surface area (Å²) < 4.78 is 31.3. The Hall–Kier alpha value is -2.75. The van der Waals surface area contributed by atoms with Gasteiger partial charge in [0.2, 0.25) is 0 Å². The van der Waals surface area contributed by atoms with Gasteiger partial charge in [-0.25, -0.2) is 13.2 Å². The molecule has 0 amide bonds. The van der Waals surface area contributed by atoms with Crippen molar-refractivity contribution in [3.8, 4) is 5.75 Å². The average molecular weight is 312 g/mol. The van der Waals surface area contributed by atoms with Crippen LogP contribution in [0.3, 0.4) is 0 Å². The highest BCUT2D eigenvalue weighted by Crippen LogP contribution is 2.25. The lowest BCUT2D eigenvalue weighted by Crippen LogP contribution is -2.29. The van der Waals surface area contributed by atoms with Crippen LogP contribution in [0.15, 0.2) is 38.9 Å². The number of ether oxygens (including phenoxy) is 1. The van der Waals surface area contributed by atoms with E-state index in [1.54, 1.807) is 0 Å². The van der Waals surface area contributed by atoms with Gasteiger partial charge in [0, 0.05) is 6.20 Å². The highest BCUT2D eigenvalue weighted by atomic mass is 32.2. The Morgan fingerprint density at radius 3 is 2.57 bits per heavy atom. The summed E-state index contributed by atoms with van der Waals surface area (Å²) in [6.07, 6.45) is 0.816. The molecule has 0 aliphatic carbocycles. The van der Waals surface area contributed by atoms with Gasteiger partial charge in [0.1, 0.15) is 5.75 Å². The maximum absolute atomic E-state index is 12.1. The fourth-order valence-electron chi connectivity index (χ4n) is 1.61. The molecule has 0 fully saturated rings. The fraction of sp³-hybridized carbons (Fsp3) is 0.0909. The lowest BCUT2D eigenvalue weighted by atomic mass is 10.2. The van der Waals surface area contributed by atoms with Crippen LogP contribution in [0.25, 0.3) is 0 Å². The number of sulfonamides is 1. The third kappa shape index (κ3) is 3.05. The van der Waals surface area contributed by atoms with Crippen molar-refractivity contribution < 1.29 is 13.2 Å². The normalized spacial score (nSPS) is 11.1. The van der Waals surface area contributed by atoms with Crippen LogP contribution in [0, 0.1) is 0 Å². The summed E-state index contributed by atoms with van der Waals surface area (Å²) in [5.74, 6) is 0.389. The van der Waals surface area contributed by atoms with Crippen molar-refractivity contribution >= 4 is 21.4 Å². The van der Waals surface area contributed by atoms with Gasteiger partial charge in [0.15, 0.2) is 4.90 Å². The van der Waals surface area contributed by atoms with E-state index in [0.29, 0.717) is 5.75 Å². The number of nitrogens with two attached hydrogens (primary N) is 1. The van der Waals surface area contributed by atoms with Crippen LogP contribution in [0.2, 0.25) is 0 Å². The zero-order chi connectivity index (χ0) is 15.6. The van der Waals surface area contributed by atoms with E-state index in [0.717, 1.165) is 6.20 Å². The molecule has 1 aromatic heterocycles. The molecule has 0 bridgehead atoms. The molecule has 0 aliphatic rings. The van der Waals surface area contributed by atoms with E-state index in [1.807, 2.05) is 4.98 Å². The van der Waals surface area contributed by atoms with Crippen molar-refractivity contribution in [2.24, 2.45) is 0 Å². The first-order valence-electron chi connectivity index (χ1n) is 5.62. The lowest BCUT2D eigenvalue weighted by molar-refractivity contribution is 0.417. The van der Waals surface area contributed by atoms with Crippen molar-refractivity contribution in [3.05, 3.63) is 45.2 Å². The number of aromatic nitrogens is 2.